The third-order valence-corrected chi connectivity index (χ3v) is 9.84. The number of hydrogen-bond acceptors (Lipinski definition) is 4. The van der Waals surface area contributed by atoms with Gasteiger partial charge in [0, 0.05) is 17.9 Å². The Morgan fingerprint density at radius 1 is 0.739 bits per heavy atom. The average Bonchev–Trinajstić information content (AvgIpc) is 3.04. The zero-order chi connectivity index (χ0) is 32.6. The van der Waals surface area contributed by atoms with Crippen LogP contribution in [0.5, 0.6) is 0 Å². The molecule has 5 aromatic carbocycles. The second-order valence-corrected chi connectivity index (χ2v) is 14.7. The van der Waals surface area contributed by atoms with Gasteiger partial charge in [0.15, 0.2) is 0 Å². The minimum atomic E-state index is -3.97. The smallest absolute Gasteiger partial charge is 0.262 e. The van der Waals surface area contributed by atoms with Gasteiger partial charge >= 0.3 is 0 Å². The highest BCUT2D eigenvalue weighted by Crippen LogP contribution is 2.43. The summed E-state index contributed by atoms with van der Waals surface area (Å²) >= 11 is 0. The fourth-order valence-corrected chi connectivity index (χ4v) is 6.94. The first-order chi connectivity index (χ1) is 21.9. The molecule has 0 bridgehead atoms. The van der Waals surface area contributed by atoms with Crippen LogP contribution in [0.3, 0.4) is 0 Å². The lowest BCUT2D eigenvalue weighted by atomic mass is 9.86. The lowest BCUT2D eigenvalue weighted by molar-refractivity contribution is 0.0968. The molecule has 7 heteroatoms. The molecule has 46 heavy (non-hydrogen) atoms. The number of nitrogens with zero attached hydrogens (tertiary/aromatic N) is 2. The number of benzene rings is 5. The predicted octanol–water partition coefficient (Wildman–Crippen LogP) is 8.77. The van der Waals surface area contributed by atoms with Crippen molar-refractivity contribution < 1.29 is 13.2 Å². The van der Waals surface area contributed by atoms with Crippen LogP contribution in [-0.2, 0) is 22.0 Å². The topological polar surface area (TPSA) is 69.7 Å². The van der Waals surface area contributed by atoms with E-state index in [9.17, 15) is 13.2 Å². The first kappa shape index (κ1) is 31.1. The number of nitrogens with one attached hydrogen (secondary N) is 1. The lowest BCUT2D eigenvalue weighted by Crippen LogP contribution is -2.49. The molecular formula is C39H39N3O3S. The van der Waals surface area contributed by atoms with Gasteiger partial charge in [-0.1, -0.05) is 111 Å². The van der Waals surface area contributed by atoms with Gasteiger partial charge in [0.1, 0.15) is 6.17 Å². The van der Waals surface area contributed by atoms with Crippen molar-refractivity contribution in [2.45, 2.75) is 57.6 Å². The third kappa shape index (κ3) is 6.28. The molecule has 6 rings (SSSR count). The van der Waals surface area contributed by atoms with Gasteiger partial charge in [-0.3, -0.25) is 14.4 Å². The number of aryl methyl sites for hydroxylation is 2. The van der Waals surface area contributed by atoms with Crippen LogP contribution in [-0.4, -0.2) is 14.3 Å². The monoisotopic (exact) mass is 629 g/mol. The van der Waals surface area contributed by atoms with Crippen molar-refractivity contribution in [3.8, 4) is 0 Å². The van der Waals surface area contributed by atoms with Crippen molar-refractivity contribution in [1.29, 1.82) is 0 Å². The standard InChI is InChI=1S/C39H39N3O3S/c1-27-11-19-32(20-12-27)40-46(44,45)34-23-24-36-35(25-34)38(43)42(33-21-13-28(2)14-22-33)37(41(36)26-29-9-7-6-8-10-29)30-15-17-31(18-16-30)39(3,4)5/h6-25,37,40H,26H2,1-5H3/t37-/m0/s1. The quantitative estimate of drug-likeness (QED) is 0.195. The molecule has 0 fully saturated rings. The van der Waals surface area contributed by atoms with Crippen LogP contribution in [0.2, 0.25) is 0 Å². The van der Waals surface area contributed by atoms with Crippen molar-refractivity contribution in [1.82, 2.24) is 0 Å². The summed E-state index contributed by atoms with van der Waals surface area (Å²) in [5.74, 6) is -0.263. The number of carbonyl (C=O) groups is 1. The summed E-state index contributed by atoms with van der Waals surface area (Å²) in [5, 5.41) is 0. The van der Waals surface area contributed by atoms with Crippen LogP contribution in [0.4, 0.5) is 17.1 Å². The first-order valence-electron chi connectivity index (χ1n) is 15.5. The second kappa shape index (κ2) is 12.1. The Hall–Kier alpha value is -4.88. The van der Waals surface area contributed by atoms with Crippen LogP contribution in [0, 0.1) is 13.8 Å². The van der Waals surface area contributed by atoms with Gasteiger partial charge < -0.3 is 4.90 Å². The summed E-state index contributed by atoms with van der Waals surface area (Å²) in [7, 11) is -3.97. The van der Waals surface area contributed by atoms with E-state index in [4.69, 9.17) is 0 Å². The molecule has 1 aliphatic heterocycles. The molecular weight excluding hydrogens is 591 g/mol. The van der Waals surface area contributed by atoms with Gasteiger partial charge in [-0.25, -0.2) is 8.42 Å². The lowest BCUT2D eigenvalue weighted by Gasteiger charge is -2.46. The van der Waals surface area contributed by atoms with E-state index in [-0.39, 0.29) is 16.2 Å². The highest BCUT2D eigenvalue weighted by molar-refractivity contribution is 7.92. The fraction of sp³-hybridized carbons (Fsp3) is 0.205. The van der Waals surface area contributed by atoms with Crippen LogP contribution < -0.4 is 14.5 Å². The summed E-state index contributed by atoms with van der Waals surface area (Å²) in [5.41, 5.74) is 7.50. The molecule has 0 aromatic heterocycles. The maximum atomic E-state index is 14.7. The minimum absolute atomic E-state index is 0.0247. The summed E-state index contributed by atoms with van der Waals surface area (Å²) < 4.78 is 29.8. The summed E-state index contributed by atoms with van der Waals surface area (Å²) in [6.07, 6.45) is -0.481. The van der Waals surface area contributed by atoms with E-state index in [2.05, 4.69) is 66.8 Å². The first-order valence-corrected chi connectivity index (χ1v) is 16.9. The highest BCUT2D eigenvalue weighted by Gasteiger charge is 2.40. The molecule has 1 heterocycles. The molecule has 234 valence electrons. The third-order valence-electron chi connectivity index (χ3n) is 8.46. The minimum Gasteiger partial charge on any atom is -0.342 e. The molecule has 0 radical (unpaired) electrons. The van der Waals surface area contributed by atoms with E-state index in [0.717, 1.165) is 27.9 Å². The number of sulfonamides is 1. The van der Waals surface area contributed by atoms with Crippen LogP contribution in [0.15, 0.2) is 126 Å². The number of hydrogen-bond donors (Lipinski definition) is 1. The molecule has 1 atom stereocenters. The largest absolute Gasteiger partial charge is 0.342 e. The fourth-order valence-electron chi connectivity index (χ4n) is 5.85. The number of carbonyl (C=O) groups excluding carboxylic acids is 1. The van der Waals surface area contributed by atoms with E-state index < -0.39 is 16.2 Å². The molecule has 5 aromatic rings. The average molecular weight is 630 g/mol. The van der Waals surface area contributed by atoms with Gasteiger partial charge in [0.25, 0.3) is 15.9 Å². The van der Waals surface area contributed by atoms with Gasteiger partial charge in [-0.2, -0.15) is 0 Å². The molecule has 1 aliphatic rings. The zero-order valence-electron chi connectivity index (χ0n) is 26.9. The van der Waals surface area contributed by atoms with Gasteiger partial charge in [-0.15, -0.1) is 0 Å². The Kier molecular flexibility index (Phi) is 8.21. The van der Waals surface area contributed by atoms with Gasteiger partial charge in [-0.05, 0) is 78.4 Å². The summed E-state index contributed by atoms with van der Waals surface area (Å²) in [4.78, 5) is 18.7. The van der Waals surface area contributed by atoms with Crippen molar-refractivity contribution in [3.05, 3.63) is 155 Å². The van der Waals surface area contributed by atoms with Crippen molar-refractivity contribution in [2.75, 3.05) is 14.5 Å². The molecule has 0 saturated carbocycles. The van der Waals surface area contributed by atoms with Crippen LogP contribution >= 0.6 is 0 Å². The normalized spacial score (nSPS) is 15.1. The molecule has 0 unspecified atom stereocenters. The van der Waals surface area contributed by atoms with E-state index in [1.807, 2.05) is 68.4 Å². The van der Waals surface area contributed by atoms with E-state index in [0.29, 0.717) is 23.5 Å². The van der Waals surface area contributed by atoms with Crippen LogP contribution in [0.25, 0.3) is 0 Å². The SMILES string of the molecule is Cc1ccc(NS(=O)(=O)c2ccc3c(c2)C(=O)N(c2ccc(C)cc2)[C@@H](c2ccc(C(C)(C)C)cc2)N3Cc2ccccc2)cc1. The van der Waals surface area contributed by atoms with Crippen molar-refractivity contribution >= 4 is 33.0 Å². The Labute approximate surface area is 272 Å². The van der Waals surface area contributed by atoms with Gasteiger partial charge in [0.2, 0.25) is 0 Å². The molecule has 0 saturated heterocycles. The van der Waals surface area contributed by atoms with Crippen LogP contribution in [0.1, 0.15) is 65.1 Å². The molecule has 0 spiro atoms. The molecule has 0 aliphatic carbocycles. The number of rotatable bonds is 7. The van der Waals surface area contributed by atoms with Crippen molar-refractivity contribution in [2.24, 2.45) is 0 Å². The molecule has 1 amide bonds. The maximum absolute atomic E-state index is 14.7. The van der Waals surface area contributed by atoms with Gasteiger partial charge in [0.05, 0.1) is 16.1 Å². The Morgan fingerprint density at radius 3 is 1.96 bits per heavy atom. The number of fused-ring (bicyclic) bond motifs is 1. The summed E-state index contributed by atoms with van der Waals surface area (Å²) in [6, 6.07) is 38.5. The maximum Gasteiger partial charge on any atom is 0.262 e. The van der Waals surface area contributed by atoms with E-state index in [1.54, 1.807) is 29.2 Å². The van der Waals surface area contributed by atoms with E-state index in [1.165, 1.54) is 11.6 Å². The van der Waals surface area contributed by atoms with Crippen molar-refractivity contribution in [3.63, 3.8) is 0 Å². The number of anilines is 3. The Bertz CT molecular complexity index is 1960. The Balaban J connectivity index is 1.52. The molecule has 6 nitrogen and oxygen atoms in total. The zero-order valence-corrected chi connectivity index (χ0v) is 27.7. The molecule has 1 N–H and O–H groups in total. The van der Waals surface area contributed by atoms with E-state index >= 15 is 0 Å². The second-order valence-electron chi connectivity index (χ2n) is 13.0. The highest BCUT2D eigenvalue weighted by atomic mass is 32.2. The number of amides is 1. The predicted molar refractivity (Wildman–Crippen MR) is 187 cm³/mol. The Morgan fingerprint density at radius 2 is 1.35 bits per heavy atom. The summed E-state index contributed by atoms with van der Waals surface area (Å²) in [6.45, 7) is 11.0.